The van der Waals surface area contributed by atoms with Crippen molar-refractivity contribution in [2.45, 2.75) is 34.6 Å². The van der Waals surface area contributed by atoms with Gasteiger partial charge in [0.15, 0.2) is 6.54 Å². The lowest BCUT2D eigenvalue weighted by Crippen LogP contribution is -2.54. The molecule has 0 bridgehead atoms. The number of carbonyl (C=O) groups excluding carboxylic acids is 2. The van der Waals surface area contributed by atoms with Crippen molar-refractivity contribution in [2.24, 2.45) is 0 Å². The van der Waals surface area contributed by atoms with Crippen LogP contribution in [0, 0.1) is 13.8 Å². The highest BCUT2D eigenvalue weighted by molar-refractivity contribution is 5.93. The zero-order valence-electron chi connectivity index (χ0n) is 16.1. The van der Waals surface area contributed by atoms with E-state index in [0.717, 1.165) is 29.9 Å². The van der Waals surface area contributed by atoms with Crippen LogP contribution in [0.2, 0.25) is 0 Å². The molecular weight excluding hydrogens is 320 g/mol. The summed E-state index contributed by atoms with van der Waals surface area (Å²) in [5, 5.41) is 3.03. The van der Waals surface area contributed by atoms with E-state index in [1.54, 1.807) is 6.92 Å². The molecule has 1 N–H and O–H groups in total. The average molecular weight is 351 g/mol. The smallest absolute Gasteiger partial charge is 0.435 e. The first-order valence-corrected chi connectivity index (χ1v) is 8.88. The van der Waals surface area contributed by atoms with Crippen LogP contribution in [0.1, 0.15) is 31.9 Å². The van der Waals surface area contributed by atoms with E-state index in [2.05, 4.69) is 5.32 Å². The molecule has 0 fully saturated rings. The normalized spacial score (nSPS) is 11.1. The molecule has 0 aliphatic rings. The topological polar surface area (TPSA) is 64.6 Å². The van der Waals surface area contributed by atoms with E-state index < -0.39 is 6.16 Å². The summed E-state index contributed by atoms with van der Waals surface area (Å²) < 4.78 is 10.4. The van der Waals surface area contributed by atoms with Crippen molar-refractivity contribution in [2.75, 3.05) is 44.7 Å². The zero-order valence-corrected chi connectivity index (χ0v) is 16.1. The number of ether oxygens (including phenoxy) is 2. The number of benzene rings is 1. The molecule has 0 spiro atoms. The number of rotatable bonds is 9. The van der Waals surface area contributed by atoms with Crippen LogP contribution in [0.5, 0.6) is 0 Å². The molecule has 0 saturated heterocycles. The van der Waals surface area contributed by atoms with Gasteiger partial charge in [-0.2, -0.15) is 0 Å². The van der Waals surface area contributed by atoms with Gasteiger partial charge >= 0.3 is 6.16 Å². The van der Waals surface area contributed by atoms with E-state index in [9.17, 15) is 9.59 Å². The molecule has 1 rings (SSSR count). The van der Waals surface area contributed by atoms with Crippen LogP contribution in [-0.2, 0) is 14.3 Å². The predicted molar refractivity (Wildman–Crippen MR) is 98.6 cm³/mol. The molecule has 1 amide bonds. The second-order valence-corrected chi connectivity index (χ2v) is 6.20. The maximum absolute atomic E-state index is 12.6. The third-order valence-corrected chi connectivity index (χ3v) is 4.61. The maximum Gasteiger partial charge on any atom is 0.508 e. The van der Waals surface area contributed by atoms with Gasteiger partial charge in [-0.1, -0.05) is 18.2 Å². The molecule has 6 heteroatoms. The molecule has 0 heterocycles. The number of para-hydroxylation sites is 1. The quantitative estimate of drug-likeness (QED) is 0.548. The molecule has 0 saturated carbocycles. The SMILES string of the molecule is CCOC(=O)OCC[N+](CC)(CC)CC(=O)Nc1c(C)cccc1C. The highest BCUT2D eigenvalue weighted by atomic mass is 16.7. The van der Waals surface area contributed by atoms with Crippen LogP contribution in [0.4, 0.5) is 10.5 Å². The molecule has 140 valence electrons. The molecule has 0 unspecified atom stereocenters. The van der Waals surface area contributed by atoms with Crippen LogP contribution >= 0.6 is 0 Å². The van der Waals surface area contributed by atoms with Crippen molar-refractivity contribution >= 4 is 17.7 Å². The summed E-state index contributed by atoms with van der Waals surface area (Å²) in [7, 11) is 0. The molecule has 0 aromatic heterocycles. The number of amides is 1. The lowest BCUT2D eigenvalue weighted by atomic mass is 10.1. The fraction of sp³-hybridized carbons (Fsp3) is 0.579. The highest BCUT2D eigenvalue weighted by Crippen LogP contribution is 2.19. The number of nitrogens with zero attached hydrogens (tertiary/aromatic N) is 1. The Kier molecular flexibility index (Phi) is 8.41. The Morgan fingerprint density at radius 1 is 1.04 bits per heavy atom. The maximum atomic E-state index is 12.6. The van der Waals surface area contributed by atoms with E-state index in [-0.39, 0.29) is 12.5 Å². The number of nitrogens with one attached hydrogen (secondary N) is 1. The minimum absolute atomic E-state index is 0.0303. The summed E-state index contributed by atoms with van der Waals surface area (Å²) in [5.74, 6) is -0.0303. The van der Waals surface area contributed by atoms with Crippen molar-refractivity contribution < 1.29 is 23.5 Å². The molecule has 0 aliphatic carbocycles. The summed E-state index contributed by atoms with van der Waals surface area (Å²) in [4.78, 5) is 23.9. The lowest BCUT2D eigenvalue weighted by molar-refractivity contribution is -0.917. The summed E-state index contributed by atoms with van der Waals surface area (Å²) in [6.45, 7) is 12.8. The van der Waals surface area contributed by atoms with Crippen molar-refractivity contribution in [3.05, 3.63) is 29.3 Å². The monoisotopic (exact) mass is 351 g/mol. The Morgan fingerprint density at radius 2 is 1.64 bits per heavy atom. The van der Waals surface area contributed by atoms with Gasteiger partial charge in [0, 0.05) is 5.69 Å². The molecule has 0 aliphatic heterocycles. The third kappa shape index (κ3) is 6.38. The van der Waals surface area contributed by atoms with Crippen molar-refractivity contribution in [1.82, 2.24) is 0 Å². The number of aryl methyl sites for hydroxylation is 2. The number of anilines is 1. The average Bonchev–Trinajstić information content (AvgIpc) is 2.57. The van der Waals surface area contributed by atoms with Gasteiger partial charge in [-0.3, -0.25) is 4.79 Å². The van der Waals surface area contributed by atoms with Crippen LogP contribution in [-0.4, -0.2) is 55.9 Å². The highest BCUT2D eigenvalue weighted by Gasteiger charge is 2.27. The molecule has 6 nitrogen and oxygen atoms in total. The Labute approximate surface area is 150 Å². The number of carbonyl (C=O) groups is 2. The Morgan fingerprint density at radius 3 is 2.16 bits per heavy atom. The fourth-order valence-electron chi connectivity index (χ4n) is 2.82. The molecular formula is C19H31N2O4+. The second kappa shape index (κ2) is 10.0. The first-order valence-electron chi connectivity index (χ1n) is 8.88. The number of hydrogen-bond donors (Lipinski definition) is 1. The fourth-order valence-corrected chi connectivity index (χ4v) is 2.82. The van der Waals surface area contributed by atoms with E-state index in [1.165, 1.54) is 0 Å². The largest absolute Gasteiger partial charge is 0.508 e. The van der Waals surface area contributed by atoms with E-state index in [1.807, 2.05) is 45.9 Å². The van der Waals surface area contributed by atoms with Crippen LogP contribution in [0.25, 0.3) is 0 Å². The van der Waals surface area contributed by atoms with Gasteiger partial charge in [0.2, 0.25) is 0 Å². The van der Waals surface area contributed by atoms with Crippen LogP contribution in [0.3, 0.4) is 0 Å². The van der Waals surface area contributed by atoms with Gasteiger partial charge in [0.1, 0.15) is 13.2 Å². The Hall–Kier alpha value is -2.08. The minimum atomic E-state index is -0.659. The predicted octanol–water partition coefficient (Wildman–Crippen LogP) is 3.27. The Bertz CT molecular complexity index is 563. The van der Waals surface area contributed by atoms with Crippen LogP contribution in [0.15, 0.2) is 18.2 Å². The lowest BCUT2D eigenvalue weighted by Gasteiger charge is -2.35. The number of likely N-dealkylation sites (N-methyl/N-ethyl adjacent to an activating group) is 1. The molecule has 1 aromatic carbocycles. The third-order valence-electron chi connectivity index (χ3n) is 4.61. The van der Waals surface area contributed by atoms with Gasteiger partial charge in [-0.25, -0.2) is 4.79 Å². The first-order chi connectivity index (χ1) is 11.9. The van der Waals surface area contributed by atoms with Crippen molar-refractivity contribution in [3.63, 3.8) is 0 Å². The minimum Gasteiger partial charge on any atom is -0.435 e. The number of hydrogen-bond acceptors (Lipinski definition) is 4. The zero-order chi connectivity index (χ0) is 18.9. The van der Waals surface area contributed by atoms with E-state index in [4.69, 9.17) is 9.47 Å². The van der Waals surface area contributed by atoms with Gasteiger partial charge in [-0.15, -0.1) is 0 Å². The van der Waals surface area contributed by atoms with Gasteiger partial charge in [-0.05, 0) is 45.7 Å². The molecule has 1 aromatic rings. The summed E-state index contributed by atoms with van der Waals surface area (Å²) in [6, 6.07) is 5.95. The van der Waals surface area contributed by atoms with Gasteiger partial charge in [0.25, 0.3) is 5.91 Å². The van der Waals surface area contributed by atoms with Gasteiger partial charge in [0.05, 0.1) is 19.7 Å². The summed E-state index contributed by atoms with van der Waals surface area (Å²) >= 11 is 0. The second-order valence-electron chi connectivity index (χ2n) is 6.20. The van der Waals surface area contributed by atoms with E-state index in [0.29, 0.717) is 24.2 Å². The van der Waals surface area contributed by atoms with Crippen molar-refractivity contribution in [1.29, 1.82) is 0 Å². The van der Waals surface area contributed by atoms with E-state index >= 15 is 0 Å². The van der Waals surface area contributed by atoms with Gasteiger partial charge < -0.3 is 19.3 Å². The summed E-state index contributed by atoms with van der Waals surface area (Å²) in [6.07, 6.45) is -0.659. The Balaban J connectivity index is 2.69. The molecule has 0 radical (unpaired) electrons. The molecule has 25 heavy (non-hydrogen) atoms. The summed E-state index contributed by atoms with van der Waals surface area (Å²) in [5.41, 5.74) is 2.97. The van der Waals surface area contributed by atoms with Crippen LogP contribution < -0.4 is 5.32 Å². The first kappa shape index (κ1) is 21.0. The standard InChI is InChI=1S/C19H30N2O4/c1-6-21(7-2,12-13-25-19(23)24-8-3)14-17(22)20-18-15(4)10-9-11-16(18)5/h9-11H,6-8,12-14H2,1-5H3/p+1. The molecule has 0 atom stereocenters. The van der Waals surface area contributed by atoms with Crippen molar-refractivity contribution in [3.8, 4) is 0 Å². The number of quaternary nitrogens is 1.